The first-order valence-electron chi connectivity index (χ1n) is 5.78. The van der Waals surface area contributed by atoms with Crippen molar-refractivity contribution >= 4 is 10.0 Å². The molecule has 0 saturated heterocycles. The molecule has 0 bridgehead atoms. The van der Waals surface area contributed by atoms with Crippen LogP contribution in [0, 0.1) is 0 Å². The van der Waals surface area contributed by atoms with Crippen molar-refractivity contribution in [2.45, 2.75) is 18.6 Å². The summed E-state index contributed by atoms with van der Waals surface area (Å²) in [4.78, 5) is 0. The molecular formula is C11H20N2O4S. The monoisotopic (exact) mass is 276 g/mol. The van der Waals surface area contributed by atoms with Gasteiger partial charge in [0.05, 0.1) is 13.2 Å². The SMILES string of the molecule is CCOCCNCc1ccc(S(=O)(=O)N(C)C)o1. The zero-order valence-electron chi connectivity index (χ0n) is 11.0. The van der Waals surface area contributed by atoms with Crippen molar-refractivity contribution < 1.29 is 17.6 Å². The number of sulfonamides is 1. The van der Waals surface area contributed by atoms with E-state index in [2.05, 4.69) is 5.32 Å². The first kappa shape index (κ1) is 15.2. The van der Waals surface area contributed by atoms with Crippen molar-refractivity contribution in [3.8, 4) is 0 Å². The van der Waals surface area contributed by atoms with Crippen LogP contribution in [0.2, 0.25) is 0 Å². The van der Waals surface area contributed by atoms with Gasteiger partial charge in [-0.3, -0.25) is 0 Å². The van der Waals surface area contributed by atoms with Gasteiger partial charge in [0.25, 0.3) is 10.0 Å². The van der Waals surface area contributed by atoms with Gasteiger partial charge in [-0.05, 0) is 19.1 Å². The molecule has 0 saturated carbocycles. The van der Waals surface area contributed by atoms with Crippen LogP contribution >= 0.6 is 0 Å². The molecule has 0 aliphatic rings. The lowest BCUT2D eigenvalue weighted by molar-refractivity contribution is 0.148. The number of hydrogen-bond donors (Lipinski definition) is 1. The third-order valence-electron chi connectivity index (χ3n) is 2.30. The van der Waals surface area contributed by atoms with Gasteiger partial charge in [0.15, 0.2) is 0 Å². The maximum atomic E-state index is 11.8. The molecule has 1 rings (SSSR count). The number of furan rings is 1. The predicted octanol–water partition coefficient (Wildman–Crippen LogP) is 0.656. The zero-order chi connectivity index (χ0) is 13.6. The van der Waals surface area contributed by atoms with Gasteiger partial charge in [-0.15, -0.1) is 0 Å². The van der Waals surface area contributed by atoms with E-state index >= 15 is 0 Å². The molecule has 18 heavy (non-hydrogen) atoms. The second-order valence-corrected chi connectivity index (χ2v) is 5.96. The molecule has 0 amide bonds. The van der Waals surface area contributed by atoms with Gasteiger partial charge in [-0.1, -0.05) is 0 Å². The second-order valence-electron chi connectivity index (χ2n) is 3.88. The van der Waals surface area contributed by atoms with Gasteiger partial charge >= 0.3 is 0 Å². The van der Waals surface area contributed by atoms with Crippen molar-refractivity contribution in [1.29, 1.82) is 0 Å². The van der Waals surface area contributed by atoms with Crippen LogP contribution < -0.4 is 5.32 Å². The summed E-state index contributed by atoms with van der Waals surface area (Å²) in [5.74, 6) is 0.590. The van der Waals surface area contributed by atoms with E-state index < -0.39 is 10.0 Å². The van der Waals surface area contributed by atoms with E-state index in [1.54, 1.807) is 6.07 Å². The van der Waals surface area contributed by atoms with Gasteiger partial charge in [0.1, 0.15) is 5.76 Å². The molecule has 0 unspecified atom stereocenters. The van der Waals surface area contributed by atoms with E-state index in [9.17, 15) is 8.42 Å². The largest absolute Gasteiger partial charge is 0.447 e. The van der Waals surface area contributed by atoms with Crippen LogP contribution in [0.5, 0.6) is 0 Å². The average Bonchev–Trinajstić information content (AvgIpc) is 2.78. The Morgan fingerprint density at radius 2 is 2.11 bits per heavy atom. The molecule has 7 heteroatoms. The highest BCUT2D eigenvalue weighted by Crippen LogP contribution is 2.16. The smallest absolute Gasteiger partial charge is 0.275 e. The minimum absolute atomic E-state index is 0.0332. The van der Waals surface area contributed by atoms with Crippen molar-refractivity contribution in [2.75, 3.05) is 33.9 Å². The molecule has 0 spiro atoms. The van der Waals surface area contributed by atoms with Crippen LogP contribution in [0.25, 0.3) is 0 Å². The van der Waals surface area contributed by atoms with Crippen LogP contribution in [0.1, 0.15) is 12.7 Å². The lowest BCUT2D eigenvalue weighted by Gasteiger charge is -2.07. The minimum Gasteiger partial charge on any atom is -0.447 e. The van der Waals surface area contributed by atoms with Crippen LogP contribution in [-0.2, 0) is 21.3 Å². The molecule has 0 radical (unpaired) electrons. The third kappa shape index (κ3) is 4.09. The minimum atomic E-state index is -3.48. The molecule has 0 aliphatic heterocycles. The highest BCUT2D eigenvalue weighted by Gasteiger charge is 2.21. The lowest BCUT2D eigenvalue weighted by atomic mass is 10.4. The fourth-order valence-corrected chi connectivity index (χ4v) is 2.08. The summed E-state index contributed by atoms with van der Waals surface area (Å²) in [5.41, 5.74) is 0. The Bertz CT molecular complexity index is 453. The molecule has 1 aromatic heterocycles. The van der Waals surface area contributed by atoms with Crippen LogP contribution in [0.3, 0.4) is 0 Å². The number of ether oxygens (including phenoxy) is 1. The standard InChI is InChI=1S/C11H20N2O4S/c1-4-16-8-7-12-9-10-5-6-11(17-10)18(14,15)13(2)3/h5-6,12H,4,7-9H2,1-3H3. The average molecular weight is 276 g/mol. The Labute approximate surface area is 108 Å². The summed E-state index contributed by atoms with van der Waals surface area (Å²) >= 11 is 0. The number of nitrogens with zero attached hydrogens (tertiary/aromatic N) is 1. The number of hydrogen-bond acceptors (Lipinski definition) is 5. The van der Waals surface area contributed by atoms with Crippen molar-refractivity contribution in [3.05, 3.63) is 17.9 Å². The summed E-state index contributed by atoms with van der Waals surface area (Å²) in [7, 11) is -0.541. The highest BCUT2D eigenvalue weighted by molar-refractivity contribution is 7.88. The fourth-order valence-electron chi connectivity index (χ4n) is 1.27. The maximum absolute atomic E-state index is 11.8. The maximum Gasteiger partial charge on any atom is 0.275 e. The summed E-state index contributed by atoms with van der Waals surface area (Å²) in [6.07, 6.45) is 0. The molecule has 0 aliphatic carbocycles. The normalized spacial score (nSPS) is 12.2. The van der Waals surface area contributed by atoms with Gasteiger partial charge in [0.2, 0.25) is 5.09 Å². The van der Waals surface area contributed by atoms with Crippen molar-refractivity contribution in [2.24, 2.45) is 0 Å². The molecule has 1 heterocycles. The summed E-state index contributed by atoms with van der Waals surface area (Å²) in [5, 5.41) is 3.07. The summed E-state index contributed by atoms with van der Waals surface area (Å²) < 4.78 is 35.1. The van der Waals surface area contributed by atoms with Gasteiger partial charge in [0, 0.05) is 27.2 Å². The molecule has 1 aromatic rings. The summed E-state index contributed by atoms with van der Waals surface area (Å²) in [6, 6.07) is 3.12. The number of nitrogens with one attached hydrogen (secondary N) is 1. The van der Waals surface area contributed by atoms with Crippen molar-refractivity contribution in [3.63, 3.8) is 0 Å². The van der Waals surface area contributed by atoms with Crippen molar-refractivity contribution in [1.82, 2.24) is 9.62 Å². The Kier molecular flexibility index (Phi) is 5.80. The van der Waals surface area contributed by atoms with Crippen LogP contribution in [-0.4, -0.2) is 46.6 Å². The topological polar surface area (TPSA) is 71.8 Å². The fraction of sp³-hybridized carbons (Fsp3) is 0.636. The first-order valence-corrected chi connectivity index (χ1v) is 7.22. The van der Waals surface area contributed by atoms with E-state index in [-0.39, 0.29) is 5.09 Å². The van der Waals surface area contributed by atoms with E-state index in [0.717, 1.165) is 4.31 Å². The Balaban J connectivity index is 2.49. The van der Waals surface area contributed by atoms with Crippen LogP contribution in [0.4, 0.5) is 0 Å². The molecule has 104 valence electrons. The highest BCUT2D eigenvalue weighted by atomic mass is 32.2. The third-order valence-corrected chi connectivity index (χ3v) is 3.99. The molecular weight excluding hydrogens is 256 g/mol. The summed E-state index contributed by atoms with van der Waals surface area (Å²) in [6.45, 7) is 4.43. The van der Waals surface area contributed by atoms with E-state index in [0.29, 0.717) is 32.1 Å². The van der Waals surface area contributed by atoms with E-state index in [4.69, 9.17) is 9.15 Å². The quantitative estimate of drug-likeness (QED) is 0.706. The molecule has 0 aromatic carbocycles. The lowest BCUT2D eigenvalue weighted by Crippen LogP contribution is -2.21. The van der Waals surface area contributed by atoms with Gasteiger partial charge < -0.3 is 14.5 Å². The predicted molar refractivity (Wildman–Crippen MR) is 67.8 cm³/mol. The van der Waals surface area contributed by atoms with Gasteiger partial charge in [-0.25, -0.2) is 12.7 Å². The zero-order valence-corrected chi connectivity index (χ0v) is 11.8. The molecule has 1 N–H and O–H groups in total. The van der Waals surface area contributed by atoms with E-state index in [1.807, 2.05) is 6.92 Å². The van der Waals surface area contributed by atoms with Crippen LogP contribution in [0.15, 0.2) is 21.6 Å². The first-order chi connectivity index (χ1) is 8.48. The molecule has 0 atom stereocenters. The Morgan fingerprint density at radius 1 is 1.39 bits per heavy atom. The molecule has 0 fully saturated rings. The Morgan fingerprint density at radius 3 is 2.72 bits per heavy atom. The van der Waals surface area contributed by atoms with E-state index in [1.165, 1.54) is 20.2 Å². The number of rotatable bonds is 8. The Hall–Kier alpha value is -0.890. The van der Waals surface area contributed by atoms with Gasteiger partial charge in [-0.2, -0.15) is 0 Å². The molecule has 6 nitrogen and oxygen atoms in total. The second kappa shape index (κ2) is 6.89.